The number of nitrogens with one attached hydrogen (secondary N) is 4. The first-order valence-corrected chi connectivity index (χ1v) is 3.57. The molecule has 0 aliphatic heterocycles. The van der Waals surface area contributed by atoms with Gasteiger partial charge in [0.25, 0.3) is 11.1 Å². The number of aromatic amines is 4. The van der Waals surface area contributed by atoms with Gasteiger partial charge in [-0.05, 0) is 0 Å². The second kappa shape index (κ2) is 2.55. The van der Waals surface area contributed by atoms with Crippen LogP contribution < -0.4 is 22.5 Å². The van der Waals surface area contributed by atoms with Gasteiger partial charge in [-0.15, -0.1) is 0 Å². The highest BCUT2D eigenvalue weighted by molar-refractivity contribution is 5.70. The summed E-state index contributed by atoms with van der Waals surface area (Å²) in [6.45, 7) is 0. The Hall–Kier alpha value is -2.38. The summed E-state index contributed by atoms with van der Waals surface area (Å²) < 4.78 is 0. The lowest BCUT2D eigenvalue weighted by molar-refractivity contribution is 1.01. The fourth-order valence-electron chi connectivity index (χ4n) is 1.09. The van der Waals surface area contributed by atoms with Gasteiger partial charge in [0.15, 0.2) is 0 Å². The summed E-state index contributed by atoms with van der Waals surface area (Å²) in [4.78, 5) is 51.7. The molecule has 2 rings (SSSR count). The van der Waals surface area contributed by atoms with E-state index in [4.69, 9.17) is 0 Å². The van der Waals surface area contributed by atoms with Gasteiger partial charge in [0, 0.05) is 0 Å². The van der Waals surface area contributed by atoms with Gasteiger partial charge in [0.1, 0.15) is 11.0 Å². The van der Waals surface area contributed by atoms with Gasteiger partial charge in [0.05, 0.1) is 0 Å². The van der Waals surface area contributed by atoms with Crippen LogP contribution in [-0.2, 0) is 0 Å². The first-order valence-electron chi connectivity index (χ1n) is 3.57. The molecule has 0 aliphatic rings. The summed E-state index contributed by atoms with van der Waals surface area (Å²) in [5.74, 6) is 0. The molecule has 0 spiro atoms. The fraction of sp³-hybridized carbons (Fsp3) is 0. The SMILES string of the molecule is O=c1[nH]c(=O)c2[nH]c(=O)[nH]c(=O)c2[nH]1. The van der Waals surface area contributed by atoms with E-state index in [1.54, 1.807) is 0 Å². The highest BCUT2D eigenvalue weighted by atomic mass is 16.2. The highest BCUT2D eigenvalue weighted by Gasteiger charge is 2.04. The van der Waals surface area contributed by atoms with Crippen LogP contribution >= 0.6 is 0 Å². The smallest absolute Gasteiger partial charge is 0.301 e. The molecule has 0 unspecified atom stereocenters. The molecule has 8 nitrogen and oxygen atoms in total. The standard InChI is InChI=1S/C6H4N4O4/c11-3-1-2(8-6(14)9-3)4(12)10-5(13)7-1/h(H2,7,10,12,13)(H2,8,9,11,14). The Kier molecular flexibility index (Phi) is 1.50. The molecule has 0 amide bonds. The van der Waals surface area contributed by atoms with Crippen molar-refractivity contribution in [3.05, 3.63) is 41.7 Å². The van der Waals surface area contributed by atoms with Crippen LogP contribution in [0.5, 0.6) is 0 Å². The van der Waals surface area contributed by atoms with Crippen molar-refractivity contribution in [2.45, 2.75) is 0 Å². The first kappa shape index (κ1) is 8.23. The van der Waals surface area contributed by atoms with Gasteiger partial charge in [-0.3, -0.25) is 19.6 Å². The lowest BCUT2D eigenvalue weighted by Crippen LogP contribution is -2.31. The Morgan fingerprint density at radius 1 is 0.571 bits per heavy atom. The molecule has 0 saturated carbocycles. The largest absolute Gasteiger partial charge is 0.326 e. The van der Waals surface area contributed by atoms with Crippen LogP contribution in [0, 0.1) is 0 Å². The summed E-state index contributed by atoms with van der Waals surface area (Å²) >= 11 is 0. The Balaban J connectivity index is 3.27. The molecular formula is C6H4N4O4. The second-order valence-electron chi connectivity index (χ2n) is 2.57. The van der Waals surface area contributed by atoms with E-state index in [0.29, 0.717) is 0 Å². The molecule has 2 heterocycles. The van der Waals surface area contributed by atoms with E-state index in [1.165, 1.54) is 0 Å². The van der Waals surface area contributed by atoms with Crippen LogP contribution in [0.1, 0.15) is 0 Å². The maximum atomic E-state index is 11.1. The van der Waals surface area contributed by atoms with E-state index >= 15 is 0 Å². The summed E-state index contributed by atoms with van der Waals surface area (Å²) in [5, 5.41) is 0. The van der Waals surface area contributed by atoms with Crippen molar-refractivity contribution in [3.63, 3.8) is 0 Å². The molecule has 2 aromatic heterocycles. The predicted molar refractivity (Wildman–Crippen MR) is 46.4 cm³/mol. The highest BCUT2D eigenvalue weighted by Crippen LogP contribution is 1.86. The molecule has 0 radical (unpaired) electrons. The minimum atomic E-state index is -0.813. The van der Waals surface area contributed by atoms with Crippen LogP contribution in [0.4, 0.5) is 0 Å². The average molecular weight is 196 g/mol. The molecule has 0 bridgehead atoms. The molecule has 8 heteroatoms. The Morgan fingerprint density at radius 2 is 0.929 bits per heavy atom. The van der Waals surface area contributed by atoms with Crippen molar-refractivity contribution < 1.29 is 0 Å². The van der Waals surface area contributed by atoms with Crippen molar-refractivity contribution >= 4 is 11.0 Å². The maximum absolute atomic E-state index is 11.1. The van der Waals surface area contributed by atoms with Gasteiger partial charge >= 0.3 is 11.4 Å². The van der Waals surface area contributed by atoms with E-state index in [9.17, 15) is 19.2 Å². The van der Waals surface area contributed by atoms with E-state index in [0.717, 1.165) is 0 Å². The molecule has 0 fully saturated rings. The number of aromatic nitrogens is 4. The number of rotatable bonds is 0. The van der Waals surface area contributed by atoms with Crippen molar-refractivity contribution in [2.75, 3.05) is 0 Å². The number of H-pyrrole nitrogens is 4. The maximum Gasteiger partial charge on any atom is 0.326 e. The number of hydrogen-bond acceptors (Lipinski definition) is 4. The topological polar surface area (TPSA) is 131 Å². The molecular weight excluding hydrogens is 192 g/mol. The number of hydrogen-bond donors (Lipinski definition) is 4. The zero-order valence-corrected chi connectivity index (χ0v) is 6.63. The van der Waals surface area contributed by atoms with Gasteiger partial charge in [-0.25, -0.2) is 9.59 Å². The summed E-state index contributed by atoms with van der Waals surface area (Å²) in [6, 6.07) is 0. The molecule has 4 N–H and O–H groups in total. The zero-order chi connectivity index (χ0) is 10.3. The van der Waals surface area contributed by atoms with Crippen molar-refractivity contribution in [1.29, 1.82) is 0 Å². The normalized spacial score (nSPS) is 10.6. The molecule has 0 aromatic carbocycles. The van der Waals surface area contributed by atoms with Crippen LogP contribution in [0.15, 0.2) is 19.2 Å². The van der Waals surface area contributed by atoms with E-state index in [2.05, 4.69) is 9.97 Å². The third-order valence-electron chi connectivity index (χ3n) is 1.64. The van der Waals surface area contributed by atoms with E-state index in [-0.39, 0.29) is 11.0 Å². The number of fused-ring (bicyclic) bond motifs is 1. The quantitative estimate of drug-likeness (QED) is 0.373. The van der Waals surface area contributed by atoms with Gasteiger partial charge < -0.3 is 9.97 Å². The van der Waals surface area contributed by atoms with Crippen LogP contribution in [0.3, 0.4) is 0 Å². The summed E-state index contributed by atoms with van der Waals surface area (Å²) in [5.41, 5.74) is -3.74. The second-order valence-corrected chi connectivity index (χ2v) is 2.57. The monoisotopic (exact) mass is 196 g/mol. The summed E-state index contributed by atoms with van der Waals surface area (Å²) in [7, 11) is 0. The average Bonchev–Trinajstić information content (AvgIpc) is 2.07. The minimum Gasteiger partial charge on any atom is -0.301 e. The molecule has 72 valence electrons. The lowest BCUT2D eigenvalue weighted by atomic mass is 10.4. The molecule has 0 saturated heterocycles. The molecule has 14 heavy (non-hydrogen) atoms. The first-order chi connectivity index (χ1) is 6.58. The molecule has 2 aromatic rings. The zero-order valence-electron chi connectivity index (χ0n) is 6.63. The molecule has 0 aliphatic carbocycles. The van der Waals surface area contributed by atoms with Crippen LogP contribution in [0.25, 0.3) is 11.0 Å². The Labute approximate surface area is 73.6 Å². The third-order valence-corrected chi connectivity index (χ3v) is 1.64. The Bertz CT molecular complexity index is 652. The third kappa shape index (κ3) is 1.09. The van der Waals surface area contributed by atoms with E-state index < -0.39 is 22.5 Å². The van der Waals surface area contributed by atoms with E-state index in [1.807, 2.05) is 9.97 Å². The van der Waals surface area contributed by atoms with Crippen LogP contribution in [-0.4, -0.2) is 19.9 Å². The van der Waals surface area contributed by atoms with Crippen LogP contribution in [0.2, 0.25) is 0 Å². The van der Waals surface area contributed by atoms with Gasteiger partial charge in [-0.1, -0.05) is 0 Å². The lowest BCUT2D eigenvalue weighted by Gasteiger charge is -1.92. The fourth-order valence-corrected chi connectivity index (χ4v) is 1.09. The minimum absolute atomic E-state index is 0.252. The van der Waals surface area contributed by atoms with Crippen molar-refractivity contribution in [2.24, 2.45) is 0 Å². The molecule has 0 atom stereocenters. The summed E-state index contributed by atoms with van der Waals surface area (Å²) in [6.07, 6.45) is 0. The predicted octanol–water partition coefficient (Wildman–Crippen LogP) is -2.41. The van der Waals surface area contributed by atoms with Crippen molar-refractivity contribution in [1.82, 2.24) is 19.9 Å². The van der Waals surface area contributed by atoms with Gasteiger partial charge in [0.2, 0.25) is 0 Å². The van der Waals surface area contributed by atoms with Crippen molar-refractivity contribution in [3.8, 4) is 0 Å². The Morgan fingerprint density at radius 3 is 1.29 bits per heavy atom. The van der Waals surface area contributed by atoms with Gasteiger partial charge in [-0.2, -0.15) is 0 Å².